The molecule has 0 aliphatic carbocycles. The van der Waals surface area contributed by atoms with Crippen LogP contribution in [-0.2, 0) is 19.0 Å². The summed E-state index contributed by atoms with van der Waals surface area (Å²) in [6.07, 6.45) is -0.501. The zero-order valence-electron chi connectivity index (χ0n) is 11.6. The Hall–Kier alpha value is -1.34. The van der Waals surface area contributed by atoms with Crippen molar-refractivity contribution in [1.29, 1.82) is 0 Å². The highest BCUT2D eigenvalue weighted by Crippen LogP contribution is 1.97. The van der Waals surface area contributed by atoms with Gasteiger partial charge in [0.2, 0.25) is 0 Å². The predicted octanol–water partition coefficient (Wildman–Crippen LogP) is 0.198. The zero-order valence-corrected chi connectivity index (χ0v) is 11.6. The third-order valence-electron chi connectivity index (χ3n) is 2.28. The first kappa shape index (κ1) is 16.7. The van der Waals surface area contributed by atoms with Crippen molar-refractivity contribution in [1.82, 2.24) is 10.2 Å². The molecule has 0 saturated carbocycles. The topological polar surface area (TPSA) is 77.1 Å². The third-order valence-corrected chi connectivity index (χ3v) is 2.28. The van der Waals surface area contributed by atoms with E-state index in [2.05, 4.69) is 5.32 Å². The maximum atomic E-state index is 11.7. The normalized spacial score (nSPS) is 12.1. The van der Waals surface area contributed by atoms with Crippen molar-refractivity contribution >= 4 is 12.0 Å². The first-order valence-electron chi connectivity index (χ1n) is 5.70. The van der Waals surface area contributed by atoms with E-state index in [-0.39, 0.29) is 13.2 Å². The molecule has 0 aromatic carbocycles. The fourth-order valence-electron chi connectivity index (χ4n) is 1.17. The van der Waals surface area contributed by atoms with Gasteiger partial charge in [0.1, 0.15) is 6.04 Å². The van der Waals surface area contributed by atoms with E-state index in [0.29, 0.717) is 0 Å². The number of ether oxygens (including phenoxy) is 3. The number of methoxy groups -OCH3 is 2. The van der Waals surface area contributed by atoms with Crippen LogP contribution in [0.5, 0.6) is 0 Å². The molecule has 0 aromatic heterocycles. The molecule has 7 heteroatoms. The van der Waals surface area contributed by atoms with E-state index in [1.165, 1.54) is 19.1 Å². The van der Waals surface area contributed by atoms with Gasteiger partial charge in [0.15, 0.2) is 6.29 Å². The minimum absolute atomic E-state index is 0.258. The molecule has 0 rings (SSSR count). The zero-order chi connectivity index (χ0) is 14.1. The second-order valence-corrected chi connectivity index (χ2v) is 3.70. The lowest BCUT2D eigenvalue weighted by Gasteiger charge is -2.23. The molecule has 0 heterocycles. The fourth-order valence-corrected chi connectivity index (χ4v) is 1.17. The summed E-state index contributed by atoms with van der Waals surface area (Å²) >= 11 is 0. The van der Waals surface area contributed by atoms with Crippen molar-refractivity contribution in [3.05, 3.63) is 0 Å². The van der Waals surface area contributed by atoms with Gasteiger partial charge in [-0.3, -0.25) is 0 Å². The molecule has 2 amide bonds. The number of urea groups is 1. The Bertz CT molecular complexity index is 268. The molecule has 0 bridgehead atoms. The van der Waals surface area contributed by atoms with Crippen molar-refractivity contribution in [2.24, 2.45) is 0 Å². The van der Waals surface area contributed by atoms with Crippen molar-refractivity contribution < 1.29 is 23.8 Å². The standard InChI is InChI=1S/C11H22N2O5/c1-6-18-10(14)8(2)12-11(15)13(3)7-9(16-4)17-5/h8-9H,6-7H2,1-5H3,(H,12,15)/t8-/m0/s1. The summed E-state index contributed by atoms with van der Waals surface area (Å²) in [7, 11) is 4.56. The lowest BCUT2D eigenvalue weighted by molar-refractivity contribution is -0.144. The molecule has 0 spiro atoms. The van der Waals surface area contributed by atoms with Gasteiger partial charge in [0.25, 0.3) is 0 Å². The molecule has 0 unspecified atom stereocenters. The molecule has 0 aliphatic rings. The first-order valence-corrected chi connectivity index (χ1v) is 5.70. The van der Waals surface area contributed by atoms with Gasteiger partial charge in [-0.25, -0.2) is 9.59 Å². The first-order chi connectivity index (χ1) is 8.46. The fraction of sp³-hybridized carbons (Fsp3) is 0.818. The summed E-state index contributed by atoms with van der Waals surface area (Å²) in [6.45, 7) is 3.81. The van der Waals surface area contributed by atoms with Crippen molar-refractivity contribution in [2.45, 2.75) is 26.2 Å². The summed E-state index contributed by atoms with van der Waals surface area (Å²) < 4.78 is 14.7. The number of amides is 2. The van der Waals surface area contributed by atoms with E-state index in [1.54, 1.807) is 20.9 Å². The highest BCUT2D eigenvalue weighted by atomic mass is 16.7. The van der Waals surface area contributed by atoms with Crippen LogP contribution < -0.4 is 5.32 Å². The maximum Gasteiger partial charge on any atom is 0.328 e. The van der Waals surface area contributed by atoms with Crippen LogP contribution in [0.3, 0.4) is 0 Å². The number of hydrogen-bond donors (Lipinski definition) is 1. The average Bonchev–Trinajstić information content (AvgIpc) is 2.35. The lowest BCUT2D eigenvalue weighted by atomic mass is 10.3. The largest absolute Gasteiger partial charge is 0.464 e. The molecule has 18 heavy (non-hydrogen) atoms. The molecular weight excluding hydrogens is 240 g/mol. The van der Waals surface area contributed by atoms with E-state index in [4.69, 9.17) is 14.2 Å². The van der Waals surface area contributed by atoms with Crippen LogP contribution in [0, 0.1) is 0 Å². The number of esters is 1. The molecule has 1 atom stereocenters. The average molecular weight is 262 g/mol. The molecule has 0 aliphatic heterocycles. The lowest BCUT2D eigenvalue weighted by Crippen LogP contribution is -2.48. The van der Waals surface area contributed by atoms with Crippen LogP contribution in [0.1, 0.15) is 13.8 Å². The van der Waals surface area contributed by atoms with Gasteiger partial charge in [-0.2, -0.15) is 0 Å². The molecule has 0 fully saturated rings. The van der Waals surface area contributed by atoms with Crippen LogP contribution >= 0.6 is 0 Å². The number of nitrogens with zero attached hydrogens (tertiary/aromatic N) is 1. The van der Waals surface area contributed by atoms with Crippen LogP contribution in [0.2, 0.25) is 0 Å². The van der Waals surface area contributed by atoms with Crippen LogP contribution in [-0.4, -0.2) is 63.7 Å². The minimum atomic E-state index is -0.691. The second kappa shape index (κ2) is 8.71. The Kier molecular flexibility index (Phi) is 8.06. The molecular formula is C11H22N2O5. The van der Waals surface area contributed by atoms with Gasteiger partial charge in [-0.05, 0) is 13.8 Å². The summed E-state index contributed by atoms with van der Waals surface area (Å²) in [5, 5.41) is 2.52. The van der Waals surface area contributed by atoms with E-state index in [0.717, 1.165) is 0 Å². The monoisotopic (exact) mass is 262 g/mol. The van der Waals surface area contributed by atoms with Crippen LogP contribution in [0.15, 0.2) is 0 Å². The van der Waals surface area contributed by atoms with Gasteiger partial charge < -0.3 is 24.4 Å². The Balaban J connectivity index is 4.18. The highest BCUT2D eigenvalue weighted by molar-refractivity contribution is 5.83. The molecule has 0 radical (unpaired) electrons. The molecule has 1 N–H and O–H groups in total. The number of hydrogen-bond acceptors (Lipinski definition) is 5. The summed E-state index contributed by atoms with van der Waals surface area (Å²) in [6, 6.07) is -1.09. The molecule has 106 valence electrons. The number of carbonyl (C=O) groups is 2. The SMILES string of the molecule is CCOC(=O)[C@H](C)NC(=O)N(C)CC(OC)OC. The van der Waals surface area contributed by atoms with Crippen molar-refractivity contribution in [3.8, 4) is 0 Å². The summed E-state index contributed by atoms with van der Waals surface area (Å²) in [4.78, 5) is 24.4. The quantitative estimate of drug-likeness (QED) is 0.524. The maximum absolute atomic E-state index is 11.7. The van der Waals surface area contributed by atoms with E-state index in [1.807, 2.05) is 0 Å². The number of rotatable bonds is 7. The third kappa shape index (κ3) is 5.83. The number of carbonyl (C=O) groups excluding carboxylic acids is 2. The van der Waals surface area contributed by atoms with Gasteiger partial charge in [0, 0.05) is 21.3 Å². The van der Waals surface area contributed by atoms with Crippen LogP contribution in [0.4, 0.5) is 4.79 Å². The van der Waals surface area contributed by atoms with E-state index in [9.17, 15) is 9.59 Å². The number of nitrogens with one attached hydrogen (secondary N) is 1. The predicted molar refractivity (Wildman–Crippen MR) is 65.1 cm³/mol. The van der Waals surface area contributed by atoms with Gasteiger partial charge in [-0.15, -0.1) is 0 Å². The Morgan fingerprint density at radius 2 is 1.83 bits per heavy atom. The second-order valence-electron chi connectivity index (χ2n) is 3.70. The molecule has 0 aromatic rings. The molecule has 0 saturated heterocycles. The van der Waals surface area contributed by atoms with Crippen LogP contribution in [0.25, 0.3) is 0 Å². The molecule has 7 nitrogen and oxygen atoms in total. The highest BCUT2D eigenvalue weighted by Gasteiger charge is 2.20. The number of likely N-dealkylation sites (N-methyl/N-ethyl adjacent to an activating group) is 1. The van der Waals surface area contributed by atoms with Gasteiger partial charge >= 0.3 is 12.0 Å². The smallest absolute Gasteiger partial charge is 0.328 e. The van der Waals surface area contributed by atoms with Gasteiger partial charge in [-0.1, -0.05) is 0 Å². The Labute approximate surface area is 107 Å². The minimum Gasteiger partial charge on any atom is -0.464 e. The summed E-state index contributed by atoms with van der Waals surface area (Å²) in [5.41, 5.74) is 0. The van der Waals surface area contributed by atoms with E-state index >= 15 is 0 Å². The van der Waals surface area contributed by atoms with Crippen molar-refractivity contribution in [3.63, 3.8) is 0 Å². The van der Waals surface area contributed by atoms with E-state index < -0.39 is 24.3 Å². The van der Waals surface area contributed by atoms with Crippen molar-refractivity contribution in [2.75, 3.05) is 34.4 Å². The van der Waals surface area contributed by atoms with Gasteiger partial charge in [0.05, 0.1) is 13.2 Å². The Morgan fingerprint density at radius 1 is 1.28 bits per heavy atom. The Morgan fingerprint density at radius 3 is 2.28 bits per heavy atom. The summed E-state index contributed by atoms with van der Waals surface area (Å²) in [5.74, 6) is -0.464.